The van der Waals surface area contributed by atoms with E-state index in [4.69, 9.17) is 4.42 Å². The van der Waals surface area contributed by atoms with Crippen LogP contribution in [0, 0.1) is 0 Å². The second kappa shape index (κ2) is 7.23. The molecule has 1 aliphatic carbocycles. The van der Waals surface area contributed by atoms with Gasteiger partial charge in [-0.2, -0.15) is 0 Å². The first-order valence-corrected chi connectivity index (χ1v) is 11.6. The van der Waals surface area contributed by atoms with Crippen LogP contribution < -0.4 is 4.72 Å². The molecule has 29 heavy (non-hydrogen) atoms. The maximum Gasteiger partial charge on any atom is 0.261 e. The van der Waals surface area contributed by atoms with Crippen LogP contribution in [0.3, 0.4) is 0 Å². The number of hydrogen-bond acceptors (Lipinski definition) is 3. The van der Waals surface area contributed by atoms with Gasteiger partial charge in [-0.05, 0) is 54.7 Å². The zero-order valence-electron chi connectivity index (χ0n) is 16.1. The van der Waals surface area contributed by atoms with Crippen LogP contribution in [0.15, 0.2) is 76.0 Å². The normalized spacial score (nSPS) is 15.7. The molecule has 1 N–H and O–H groups in total. The van der Waals surface area contributed by atoms with Crippen molar-refractivity contribution in [2.24, 2.45) is 0 Å². The molecule has 0 aliphatic heterocycles. The van der Waals surface area contributed by atoms with E-state index in [-0.39, 0.29) is 4.90 Å². The molecule has 0 amide bonds. The first-order valence-electron chi connectivity index (χ1n) is 10.1. The largest absolute Gasteiger partial charge is 0.456 e. The molecule has 3 aromatic carbocycles. The highest BCUT2D eigenvalue weighted by molar-refractivity contribution is 7.92. The smallest absolute Gasteiger partial charge is 0.261 e. The molecule has 1 aliphatic rings. The van der Waals surface area contributed by atoms with Gasteiger partial charge < -0.3 is 4.42 Å². The number of sulfonamides is 1. The van der Waals surface area contributed by atoms with E-state index in [2.05, 4.69) is 4.72 Å². The van der Waals surface area contributed by atoms with E-state index < -0.39 is 10.0 Å². The van der Waals surface area contributed by atoms with E-state index in [1.54, 1.807) is 24.3 Å². The Hall–Kier alpha value is -2.79. The fourth-order valence-corrected chi connectivity index (χ4v) is 5.41. The first-order chi connectivity index (χ1) is 14.1. The van der Waals surface area contributed by atoms with Crippen LogP contribution in [0.25, 0.3) is 21.9 Å². The molecule has 1 heterocycles. The lowest BCUT2D eigenvalue weighted by molar-refractivity contribution is 0.443. The third kappa shape index (κ3) is 3.51. The monoisotopic (exact) mass is 405 g/mol. The van der Waals surface area contributed by atoms with Gasteiger partial charge in [0, 0.05) is 16.8 Å². The zero-order valence-corrected chi connectivity index (χ0v) is 16.9. The topological polar surface area (TPSA) is 59.3 Å². The predicted molar refractivity (Wildman–Crippen MR) is 117 cm³/mol. The summed E-state index contributed by atoms with van der Waals surface area (Å²) in [6.07, 6.45) is 6.22. The summed E-state index contributed by atoms with van der Waals surface area (Å²) in [5.74, 6) is 0.559. The molecule has 148 valence electrons. The fraction of sp³-hybridized carbons (Fsp3) is 0.250. The van der Waals surface area contributed by atoms with E-state index in [0.717, 1.165) is 16.4 Å². The van der Waals surface area contributed by atoms with Crippen LogP contribution in [0.2, 0.25) is 0 Å². The summed E-state index contributed by atoms with van der Waals surface area (Å²) in [4.78, 5) is 0.279. The molecule has 0 radical (unpaired) electrons. The van der Waals surface area contributed by atoms with Crippen LogP contribution in [-0.4, -0.2) is 8.42 Å². The van der Waals surface area contributed by atoms with Crippen molar-refractivity contribution in [2.75, 3.05) is 4.72 Å². The maximum absolute atomic E-state index is 12.9. The van der Waals surface area contributed by atoms with E-state index in [1.165, 1.54) is 37.7 Å². The predicted octanol–water partition coefficient (Wildman–Crippen LogP) is 6.43. The third-order valence-corrected chi connectivity index (χ3v) is 7.30. The Bertz CT molecular complexity index is 1270. The van der Waals surface area contributed by atoms with Crippen molar-refractivity contribution in [2.45, 2.75) is 42.9 Å². The number of benzene rings is 3. The van der Waals surface area contributed by atoms with Crippen LogP contribution >= 0.6 is 0 Å². The lowest BCUT2D eigenvalue weighted by atomic mass is 9.84. The molecule has 1 aromatic heterocycles. The molecule has 4 aromatic rings. The molecule has 1 saturated carbocycles. The highest BCUT2D eigenvalue weighted by Gasteiger charge is 2.19. The summed E-state index contributed by atoms with van der Waals surface area (Å²) in [5, 5.41) is 2.00. The molecule has 0 bridgehead atoms. The Labute approximate surface area is 170 Å². The first kappa shape index (κ1) is 18.3. The summed E-state index contributed by atoms with van der Waals surface area (Å²) < 4.78 is 34.3. The van der Waals surface area contributed by atoms with Crippen molar-refractivity contribution < 1.29 is 12.8 Å². The van der Waals surface area contributed by atoms with Gasteiger partial charge in [0.05, 0.1) is 10.6 Å². The van der Waals surface area contributed by atoms with E-state index >= 15 is 0 Å². The fourth-order valence-electron chi connectivity index (χ4n) is 4.36. The Morgan fingerprint density at radius 1 is 0.793 bits per heavy atom. The molecule has 5 rings (SSSR count). The van der Waals surface area contributed by atoms with Gasteiger partial charge in [0.2, 0.25) is 0 Å². The van der Waals surface area contributed by atoms with Crippen molar-refractivity contribution in [1.82, 2.24) is 0 Å². The van der Waals surface area contributed by atoms with E-state index in [0.29, 0.717) is 17.2 Å². The minimum Gasteiger partial charge on any atom is -0.456 e. The molecular weight excluding hydrogens is 382 g/mol. The summed E-state index contributed by atoms with van der Waals surface area (Å²) in [6.45, 7) is 0. The SMILES string of the molecule is O=S(=O)(Nc1ccc2c(c1)oc1ccccc12)c1ccc(C2CCCCC2)cc1. The summed E-state index contributed by atoms with van der Waals surface area (Å²) in [6, 6.07) is 20.6. The van der Waals surface area contributed by atoms with Crippen LogP contribution in [0.5, 0.6) is 0 Å². The molecule has 0 atom stereocenters. The lowest BCUT2D eigenvalue weighted by Gasteiger charge is -2.22. The van der Waals surface area contributed by atoms with Crippen molar-refractivity contribution in [3.63, 3.8) is 0 Å². The number of nitrogens with one attached hydrogen (secondary N) is 1. The average molecular weight is 406 g/mol. The third-order valence-electron chi connectivity index (χ3n) is 5.90. The number of anilines is 1. The molecular formula is C24H23NO3S. The van der Waals surface area contributed by atoms with Gasteiger partial charge in [-0.3, -0.25) is 4.72 Å². The number of para-hydroxylation sites is 1. The minimum absolute atomic E-state index is 0.279. The maximum atomic E-state index is 12.9. The zero-order chi connectivity index (χ0) is 19.8. The van der Waals surface area contributed by atoms with Gasteiger partial charge >= 0.3 is 0 Å². The van der Waals surface area contributed by atoms with Gasteiger partial charge in [0.15, 0.2) is 0 Å². The van der Waals surface area contributed by atoms with Crippen LogP contribution in [0.4, 0.5) is 5.69 Å². The standard InChI is InChI=1S/C24H23NO3S/c26-29(27,20-13-10-18(11-14-20)17-6-2-1-3-7-17)25-19-12-15-22-21-8-4-5-9-23(21)28-24(22)16-19/h4-5,8-17,25H,1-3,6-7H2. The molecule has 0 spiro atoms. The molecule has 4 nitrogen and oxygen atoms in total. The highest BCUT2D eigenvalue weighted by Crippen LogP contribution is 2.34. The van der Waals surface area contributed by atoms with Gasteiger partial charge in [-0.25, -0.2) is 8.42 Å². The highest BCUT2D eigenvalue weighted by atomic mass is 32.2. The lowest BCUT2D eigenvalue weighted by Crippen LogP contribution is -2.13. The molecule has 1 fully saturated rings. The molecule has 5 heteroatoms. The number of fused-ring (bicyclic) bond motifs is 3. The Balaban J connectivity index is 1.40. The summed E-state index contributed by atoms with van der Waals surface area (Å²) in [5.41, 5.74) is 3.19. The van der Waals surface area contributed by atoms with E-state index in [1.807, 2.05) is 42.5 Å². The Morgan fingerprint density at radius 3 is 2.31 bits per heavy atom. The van der Waals surface area contributed by atoms with Gasteiger partial charge in [-0.1, -0.05) is 49.6 Å². The average Bonchev–Trinajstić information content (AvgIpc) is 3.12. The molecule has 0 saturated heterocycles. The van der Waals surface area contributed by atoms with Crippen molar-refractivity contribution in [3.05, 3.63) is 72.3 Å². The summed E-state index contributed by atoms with van der Waals surface area (Å²) in [7, 11) is -3.65. The number of hydrogen-bond donors (Lipinski definition) is 1. The van der Waals surface area contributed by atoms with Crippen LogP contribution in [0.1, 0.15) is 43.6 Å². The van der Waals surface area contributed by atoms with Gasteiger partial charge in [0.1, 0.15) is 11.2 Å². The van der Waals surface area contributed by atoms with E-state index in [9.17, 15) is 8.42 Å². The second-order valence-corrected chi connectivity index (χ2v) is 9.50. The molecule has 0 unspecified atom stereocenters. The number of furan rings is 1. The summed E-state index contributed by atoms with van der Waals surface area (Å²) >= 11 is 0. The van der Waals surface area contributed by atoms with Gasteiger partial charge in [-0.15, -0.1) is 0 Å². The Morgan fingerprint density at radius 2 is 1.52 bits per heavy atom. The number of rotatable bonds is 4. The second-order valence-electron chi connectivity index (χ2n) is 7.82. The van der Waals surface area contributed by atoms with Crippen molar-refractivity contribution >= 4 is 37.6 Å². The van der Waals surface area contributed by atoms with Crippen LogP contribution in [-0.2, 0) is 10.0 Å². The van der Waals surface area contributed by atoms with Crippen molar-refractivity contribution in [1.29, 1.82) is 0 Å². The van der Waals surface area contributed by atoms with Gasteiger partial charge in [0.25, 0.3) is 10.0 Å². The minimum atomic E-state index is -3.65. The quantitative estimate of drug-likeness (QED) is 0.425. The Kier molecular flexibility index (Phi) is 4.55. The van der Waals surface area contributed by atoms with Crippen molar-refractivity contribution in [3.8, 4) is 0 Å².